The van der Waals surface area contributed by atoms with E-state index in [0.29, 0.717) is 36.3 Å². The lowest BCUT2D eigenvalue weighted by Crippen LogP contribution is -2.43. The third kappa shape index (κ3) is 3.51. The molecule has 1 heterocycles. The fourth-order valence-electron chi connectivity index (χ4n) is 1.71. The van der Waals surface area contributed by atoms with Crippen molar-refractivity contribution in [3.05, 3.63) is 28.2 Å². The van der Waals surface area contributed by atoms with E-state index in [2.05, 4.69) is 5.32 Å². The Morgan fingerprint density at radius 3 is 2.67 bits per heavy atom. The molecule has 0 aliphatic carbocycles. The first-order valence-corrected chi connectivity index (χ1v) is 6.47. The lowest BCUT2D eigenvalue weighted by Gasteiger charge is -2.27. The molecule has 0 aromatic heterocycles. The highest BCUT2D eigenvalue weighted by atomic mass is 35.5. The van der Waals surface area contributed by atoms with Gasteiger partial charge in [-0.05, 0) is 18.2 Å². The van der Waals surface area contributed by atoms with Crippen LogP contribution in [0.5, 0.6) is 0 Å². The van der Waals surface area contributed by atoms with Gasteiger partial charge in [-0.15, -0.1) is 0 Å². The minimum atomic E-state index is 0.0596. The van der Waals surface area contributed by atoms with Crippen LogP contribution in [0.3, 0.4) is 0 Å². The van der Waals surface area contributed by atoms with Crippen molar-refractivity contribution in [2.45, 2.75) is 0 Å². The van der Waals surface area contributed by atoms with Gasteiger partial charge in [-0.25, -0.2) is 0 Å². The lowest BCUT2D eigenvalue weighted by atomic mass is 10.3. The molecule has 0 atom stereocenters. The van der Waals surface area contributed by atoms with E-state index in [0.717, 1.165) is 5.69 Å². The van der Waals surface area contributed by atoms with Crippen LogP contribution in [0.25, 0.3) is 0 Å². The van der Waals surface area contributed by atoms with Crippen molar-refractivity contribution in [1.82, 2.24) is 4.90 Å². The van der Waals surface area contributed by atoms with Crippen molar-refractivity contribution < 1.29 is 9.53 Å². The second-order valence-electron chi connectivity index (χ2n) is 3.98. The highest BCUT2D eigenvalue weighted by molar-refractivity contribution is 6.42. The Morgan fingerprint density at radius 1 is 1.28 bits per heavy atom. The molecule has 0 unspecified atom stereocenters. The van der Waals surface area contributed by atoms with Crippen LogP contribution in [0.2, 0.25) is 10.0 Å². The summed E-state index contributed by atoms with van der Waals surface area (Å²) < 4.78 is 5.20. The topological polar surface area (TPSA) is 41.6 Å². The largest absolute Gasteiger partial charge is 0.378 e. The monoisotopic (exact) mass is 288 g/mol. The van der Waals surface area contributed by atoms with Gasteiger partial charge in [0.2, 0.25) is 5.91 Å². The van der Waals surface area contributed by atoms with Gasteiger partial charge < -0.3 is 15.0 Å². The van der Waals surface area contributed by atoms with Crippen LogP contribution in [-0.2, 0) is 9.53 Å². The molecule has 1 aliphatic heterocycles. The quantitative estimate of drug-likeness (QED) is 0.928. The number of hydrogen-bond donors (Lipinski definition) is 1. The zero-order chi connectivity index (χ0) is 13.0. The number of hydrogen-bond acceptors (Lipinski definition) is 3. The van der Waals surface area contributed by atoms with Crippen LogP contribution < -0.4 is 5.32 Å². The SMILES string of the molecule is O=C(CNc1ccc(Cl)c(Cl)c1)N1CCOCC1. The Balaban J connectivity index is 1.86. The predicted octanol–water partition coefficient (Wildman–Crippen LogP) is 2.26. The second-order valence-corrected chi connectivity index (χ2v) is 4.79. The summed E-state index contributed by atoms with van der Waals surface area (Å²) in [5, 5.41) is 4.01. The van der Waals surface area contributed by atoms with E-state index in [9.17, 15) is 4.79 Å². The van der Waals surface area contributed by atoms with Gasteiger partial charge in [-0.3, -0.25) is 4.79 Å². The summed E-state index contributed by atoms with van der Waals surface area (Å²) in [6, 6.07) is 5.20. The first-order valence-electron chi connectivity index (χ1n) is 5.71. The fraction of sp³-hybridized carbons (Fsp3) is 0.417. The van der Waals surface area contributed by atoms with Crippen LogP contribution in [-0.4, -0.2) is 43.7 Å². The molecule has 1 N–H and O–H groups in total. The number of morpholine rings is 1. The molecule has 4 nitrogen and oxygen atoms in total. The molecule has 2 rings (SSSR count). The Hall–Kier alpha value is -0.970. The summed E-state index contributed by atoms with van der Waals surface area (Å²) in [4.78, 5) is 13.7. The van der Waals surface area contributed by atoms with Crippen LogP contribution >= 0.6 is 23.2 Å². The molecule has 1 aromatic rings. The number of nitrogens with zero attached hydrogens (tertiary/aromatic N) is 1. The van der Waals surface area contributed by atoms with Crippen LogP contribution in [0, 0.1) is 0 Å². The molecule has 1 aliphatic rings. The van der Waals surface area contributed by atoms with Gasteiger partial charge in [-0.2, -0.15) is 0 Å². The Morgan fingerprint density at radius 2 is 2.00 bits per heavy atom. The normalized spacial score (nSPS) is 15.6. The smallest absolute Gasteiger partial charge is 0.242 e. The van der Waals surface area contributed by atoms with Gasteiger partial charge in [-0.1, -0.05) is 23.2 Å². The molecule has 0 saturated carbocycles. The van der Waals surface area contributed by atoms with E-state index < -0.39 is 0 Å². The molecular weight excluding hydrogens is 275 g/mol. The summed E-state index contributed by atoms with van der Waals surface area (Å²) in [6.07, 6.45) is 0. The molecule has 1 amide bonds. The van der Waals surface area contributed by atoms with Gasteiger partial charge in [0.1, 0.15) is 0 Å². The first kappa shape index (κ1) is 13.5. The van der Waals surface area contributed by atoms with Gasteiger partial charge in [0.15, 0.2) is 0 Å². The molecule has 6 heteroatoms. The van der Waals surface area contributed by atoms with Crippen LogP contribution in [0.4, 0.5) is 5.69 Å². The summed E-state index contributed by atoms with van der Waals surface area (Å²) in [5.41, 5.74) is 0.783. The number of rotatable bonds is 3. The minimum absolute atomic E-state index is 0.0596. The number of anilines is 1. The maximum atomic E-state index is 11.9. The molecule has 1 aromatic carbocycles. The number of carbonyl (C=O) groups excluding carboxylic acids is 1. The minimum Gasteiger partial charge on any atom is -0.378 e. The molecule has 1 fully saturated rings. The molecule has 0 spiro atoms. The van der Waals surface area contributed by atoms with Gasteiger partial charge >= 0.3 is 0 Å². The van der Waals surface area contributed by atoms with E-state index in [4.69, 9.17) is 27.9 Å². The van der Waals surface area contributed by atoms with Crippen molar-refractivity contribution in [1.29, 1.82) is 0 Å². The lowest BCUT2D eigenvalue weighted by molar-refractivity contribution is -0.133. The Bertz CT molecular complexity index is 434. The zero-order valence-electron chi connectivity index (χ0n) is 9.79. The fourth-order valence-corrected chi connectivity index (χ4v) is 2.01. The number of amides is 1. The van der Waals surface area contributed by atoms with E-state index in [-0.39, 0.29) is 12.5 Å². The van der Waals surface area contributed by atoms with Crippen molar-refractivity contribution in [3.8, 4) is 0 Å². The first-order chi connectivity index (χ1) is 8.66. The summed E-state index contributed by atoms with van der Waals surface area (Å²) in [5.74, 6) is 0.0596. The Kier molecular flexibility index (Phi) is 4.69. The number of ether oxygens (including phenoxy) is 1. The Labute approximate surface area is 116 Å². The van der Waals surface area contributed by atoms with E-state index in [1.165, 1.54) is 0 Å². The molecule has 0 bridgehead atoms. The third-order valence-corrected chi connectivity index (χ3v) is 3.47. The summed E-state index contributed by atoms with van der Waals surface area (Å²) >= 11 is 11.7. The maximum Gasteiger partial charge on any atom is 0.242 e. The molecule has 1 saturated heterocycles. The van der Waals surface area contributed by atoms with Crippen molar-refractivity contribution in [3.63, 3.8) is 0 Å². The maximum absolute atomic E-state index is 11.9. The zero-order valence-corrected chi connectivity index (χ0v) is 11.3. The predicted molar refractivity (Wildman–Crippen MR) is 72.4 cm³/mol. The molecule has 18 heavy (non-hydrogen) atoms. The van der Waals surface area contributed by atoms with Crippen LogP contribution in [0.15, 0.2) is 18.2 Å². The van der Waals surface area contributed by atoms with Crippen molar-refractivity contribution in [2.24, 2.45) is 0 Å². The third-order valence-electron chi connectivity index (χ3n) is 2.73. The van der Waals surface area contributed by atoms with E-state index in [1.807, 2.05) is 0 Å². The van der Waals surface area contributed by atoms with Crippen molar-refractivity contribution in [2.75, 3.05) is 38.2 Å². The number of carbonyl (C=O) groups is 1. The average molecular weight is 289 g/mol. The highest BCUT2D eigenvalue weighted by Crippen LogP contribution is 2.24. The van der Waals surface area contributed by atoms with Gasteiger partial charge in [0.25, 0.3) is 0 Å². The number of halogens is 2. The van der Waals surface area contributed by atoms with E-state index in [1.54, 1.807) is 23.1 Å². The molecular formula is C12H14Cl2N2O2. The highest BCUT2D eigenvalue weighted by Gasteiger charge is 2.16. The van der Waals surface area contributed by atoms with Crippen LogP contribution in [0.1, 0.15) is 0 Å². The van der Waals surface area contributed by atoms with E-state index >= 15 is 0 Å². The summed E-state index contributed by atoms with van der Waals surface area (Å²) in [7, 11) is 0. The molecule has 0 radical (unpaired) electrons. The summed E-state index contributed by atoms with van der Waals surface area (Å²) in [6.45, 7) is 2.78. The average Bonchev–Trinajstić information content (AvgIpc) is 2.41. The number of benzene rings is 1. The van der Waals surface area contributed by atoms with Gasteiger partial charge in [0.05, 0.1) is 29.8 Å². The van der Waals surface area contributed by atoms with Gasteiger partial charge in [0, 0.05) is 18.8 Å². The van der Waals surface area contributed by atoms with Crippen molar-refractivity contribution >= 4 is 34.8 Å². The number of nitrogens with one attached hydrogen (secondary N) is 1. The molecule has 98 valence electrons. The standard InChI is InChI=1S/C12H14Cl2N2O2/c13-10-2-1-9(7-11(10)14)15-8-12(17)16-3-5-18-6-4-16/h1-2,7,15H,3-6,8H2. The second kappa shape index (κ2) is 6.27.